The van der Waals surface area contributed by atoms with E-state index in [1.807, 2.05) is 121 Å². The second-order valence-corrected chi connectivity index (χ2v) is 23.0. The van der Waals surface area contributed by atoms with Gasteiger partial charge in [0.05, 0.1) is 77.3 Å². The Hall–Kier alpha value is -8.28. The zero-order valence-electron chi connectivity index (χ0n) is 35.9. The summed E-state index contributed by atoms with van der Waals surface area (Å²) >= 11 is 0. The quantitative estimate of drug-likeness (QED) is 0.162. The maximum Gasteiger partial charge on any atom is 0.186 e. The molecule has 0 saturated heterocycles. The summed E-state index contributed by atoms with van der Waals surface area (Å²) in [6, 6.07) is 69.9. The van der Waals surface area contributed by atoms with Crippen molar-refractivity contribution in [1.29, 1.82) is 0 Å². The molecule has 0 saturated carbocycles. The molecule has 8 nitrogen and oxygen atoms in total. The summed E-state index contributed by atoms with van der Waals surface area (Å²) in [6.45, 7) is 0. The van der Waals surface area contributed by atoms with Crippen molar-refractivity contribution < 1.29 is 18.6 Å². The van der Waals surface area contributed by atoms with E-state index in [0.717, 1.165) is 79.0 Å². The fourth-order valence-corrected chi connectivity index (χ4v) is 19.1. The molecule has 0 radical (unpaired) electrons. The number of benzene rings is 10. The topological polar surface area (TPSA) is 65.6 Å². The second-order valence-electron chi connectivity index (χ2n) is 17.9. The van der Waals surface area contributed by atoms with Crippen LogP contribution >= 0.6 is 14.3 Å². The molecule has 0 spiro atoms. The Balaban J connectivity index is 1.18. The van der Waals surface area contributed by atoms with Gasteiger partial charge in [0.15, 0.2) is 14.3 Å². The van der Waals surface area contributed by atoms with Crippen molar-refractivity contribution in [3.63, 3.8) is 0 Å². The Morgan fingerprint density at radius 3 is 0.912 bits per heavy atom. The van der Waals surface area contributed by atoms with Gasteiger partial charge < -0.3 is 38.2 Å². The first kappa shape index (κ1) is 36.9. The molecule has 0 aliphatic carbocycles. The number of hydrogen-bond acceptors (Lipinski definition) is 8. The van der Waals surface area contributed by atoms with Gasteiger partial charge in [-0.1, -0.05) is 97.1 Å². The molecule has 16 rings (SSSR count). The number of rotatable bonds is 4. The minimum atomic E-state index is -3.77. The zero-order chi connectivity index (χ0) is 44.6. The lowest BCUT2D eigenvalue weighted by molar-refractivity contribution is 0.485. The second kappa shape index (κ2) is 12.8. The van der Waals surface area contributed by atoms with Crippen LogP contribution in [0.5, 0.6) is 23.0 Å². The van der Waals surface area contributed by atoms with Crippen LogP contribution in [0.2, 0.25) is 0 Å². The molecule has 2 unspecified atom stereocenters. The Morgan fingerprint density at radius 1 is 0.294 bits per heavy atom. The molecule has 0 amide bonds. The van der Waals surface area contributed by atoms with E-state index in [4.69, 9.17) is 9.47 Å². The highest BCUT2D eigenvalue weighted by atomic mass is 31.2. The molecule has 10 aromatic carbocycles. The molecule has 0 N–H and O–H groups in total. The summed E-state index contributed by atoms with van der Waals surface area (Å²) < 4.78 is 48.9. The SMILES string of the molecule is O=P12c3c4cccc3N(c3ccccc3)c3cc5cc6c7c(c5c(c31)N(c1ccccc1)c1cccc(c12)O4)N(c1ccccc1)c1cccc2c1P7(=O)c1c(cccc1N6c1ccccc1)O2. The third-order valence-corrected chi connectivity index (χ3v) is 20.9. The van der Waals surface area contributed by atoms with Crippen molar-refractivity contribution in [2.45, 2.75) is 0 Å². The molecule has 0 aromatic heterocycles. The Kier molecular flexibility index (Phi) is 6.93. The molecule has 6 heterocycles. The fourth-order valence-electron chi connectivity index (χ4n) is 12.0. The van der Waals surface area contributed by atoms with Crippen molar-refractivity contribution in [3.8, 4) is 23.0 Å². The molecular formula is C58H34N4O4P2. The number of ether oxygens (including phenoxy) is 2. The van der Waals surface area contributed by atoms with Gasteiger partial charge in [-0.2, -0.15) is 0 Å². The molecule has 10 heteroatoms. The lowest BCUT2D eigenvalue weighted by Gasteiger charge is -2.49. The highest BCUT2D eigenvalue weighted by Gasteiger charge is 2.58. The minimum absolute atomic E-state index is 0.578. The fraction of sp³-hybridized carbons (Fsp3) is 0. The van der Waals surface area contributed by atoms with Crippen molar-refractivity contribution in [2.75, 3.05) is 19.6 Å². The van der Waals surface area contributed by atoms with Gasteiger partial charge in [0.1, 0.15) is 23.0 Å². The predicted octanol–water partition coefficient (Wildman–Crippen LogP) is 13.5. The van der Waals surface area contributed by atoms with E-state index in [-0.39, 0.29) is 0 Å². The van der Waals surface area contributed by atoms with Gasteiger partial charge in [0, 0.05) is 28.1 Å². The van der Waals surface area contributed by atoms with Gasteiger partial charge in [0.25, 0.3) is 0 Å². The maximum atomic E-state index is 17.6. The first-order chi connectivity index (χ1) is 33.5. The summed E-state index contributed by atoms with van der Waals surface area (Å²) in [5, 5.41) is 5.88. The van der Waals surface area contributed by atoms with Crippen molar-refractivity contribution in [1.82, 2.24) is 0 Å². The summed E-state index contributed by atoms with van der Waals surface area (Å²) in [6.07, 6.45) is 0. The summed E-state index contributed by atoms with van der Waals surface area (Å²) in [5.41, 5.74) is 10.0. The maximum absolute atomic E-state index is 17.6. The molecule has 0 fully saturated rings. The van der Waals surface area contributed by atoms with E-state index < -0.39 is 14.3 Å². The van der Waals surface area contributed by atoms with E-state index >= 15 is 9.13 Å². The van der Waals surface area contributed by atoms with Crippen LogP contribution < -0.4 is 60.9 Å². The van der Waals surface area contributed by atoms with Gasteiger partial charge in [-0.15, -0.1) is 0 Å². The Labute approximate surface area is 390 Å². The highest BCUT2D eigenvalue weighted by molar-refractivity contribution is 7.88. The van der Waals surface area contributed by atoms with Crippen LogP contribution in [-0.4, -0.2) is 0 Å². The number of anilines is 12. The highest BCUT2D eigenvalue weighted by Crippen LogP contribution is 2.71. The third kappa shape index (κ3) is 4.30. The van der Waals surface area contributed by atoms with Gasteiger partial charge >= 0.3 is 0 Å². The predicted molar refractivity (Wildman–Crippen MR) is 276 cm³/mol. The lowest BCUT2D eigenvalue weighted by atomic mass is 9.97. The van der Waals surface area contributed by atoms with Crippen LogP contribution in [0.4, 0.5) is 68.2 Å². The van der Waals surface area contributed by atoms with Gasteiger partial charge in [-0.3, -0.25) is 0 Å². The summed E-state index contributed by atoms with van der Waals surface area (Å²) in [4.78, 5) is 9.10. The average Bonchev–Trinajstić information content (AvgIpc) is 3.37. The van der Waals surface area contributed by atoms with Crippen LogP contribution in [0.25, 0.3) is 10.8 Å². The monoisotopic (exact) mass is 912 g/mol. The number of para-hydroxylation sites is 4. The molecule has 2 atom stereocenters. The van der Waals surface area contributed by atoms with Crippen LogP contribution in [-0.2, 0) is 9.13 Å². The smallest absolute Gasteiger partial charge is 0.186 e. The van der Waals surface area contributed by atoms with Gasteiger partial charge in [0.2, 0.25) is 0 Å². The molecule has 6 aliphatic heterocycles. The normalized spacial score (nSPS) is 18.6. The van der Waals surface area contributed by atoms with E-state index in [2.05, 4.69) is 105 Å². The van der Waals surface area contributed by atoms with Crippen molar-refractivity contribution >= 4 is 125 Å². The Bertz CT molecular complexity index is 3720. The van der Waals surface area contributed by atoms with E-state index in [1.165, 1.54) is 0 Å². The first-order valence-corrected chi connectivity index (χ1v) is 26.1. The molecule has 320 valence electrons. The van der Waals surface area contributed by atoms with Crippen molar-refractivity contribution in [3.05, 3.63) is 206 Å². The van der Waals surface area contributed by atoms with Crippen LogP contribution in [0.3, 0.4) is 0 Å². The van der Waals surface area contributed by atoms with E-state index in [0.29, 0.717) is 54.8 Å². The summed E-state index contributed by atoms with van der Waals surface area (Å²) in [7, 11) is -7.55. The van der Waals surface area contributed by atoms with Crippen LogP contribution in [0.1, 0.15) is 0 Å². The van der Waals surface area contributed by atoms with Crippen LogP contribution in [0, 0.1) is 0 Å². The average molecular weight is 913 g/mol. The molecule has 68 heavy (non-hydrogen) atoms. The molecular weight excluding hydrogens is 879 g/mol. The molecule has 10 aromatic rings. The third-order valence-electron chi connectivity index (χ3n) is 14.5. The number of fused-ring (bicyclic) bond motifs is 3. The number of hydrogen-bond donors (Lipinski definition) is 0. The molecule has 0 bridgehead atoms. The van der Waals surface area contributed by atoms with Crippen molar-refractivity contribution in [2.24, 2.45) is 0 Å². The standard InChI is InChI=1S/C58H34N4O4P2/c63-67-53-40-25-13-29-46(53)65-48-31-15-27-42(55(48)67)61(38-21-9-3-10-22-38)51-50-35(33-44(57(51)67)59(40)36-17-5-1-6-18-36)34-45-58-52(50)62(39-23-11-4-12-24-39)43-28-16-32-49-56(43)68(58,64)54-41(26-14-30-47(54)66-49)60(45)37-19-7-2-8-20-37/h1-34H. The van der Waals surface area contributed by atoms with Gasteiger partial charge in [-0.25, -0.2) is 0 Å². The molecule has 6 aliphatic rings. The lowest BCUT2D eigenvalue weighted by Crippen LogP contribution is -2.47. The zero-order valence-corrected chi connectivity index (χ0v) is 37.7. The van der Waals surface area contributed by atoms with E-state index in [1.54, 1.807) is 0 Å². The van der Waals surface area contributed by atoms with Gasteiger partial charge in [-0.05, 0) is 115 Å². The number of nitrogens with zero attached hydrogens (tertiary/aromatic N) is 4. The van der Waals surface area contributed by atoms with E-state index in [9.17, 15) is 0 Å². The summed E-state index contributed by atoms with van der Waals surface area (Å²) in [5.74, 6) is 2.31. The van der Waals surface area contributed by atoms with Crippen LogP contribution in [0.15, 0.2) is 206 Å². The minimum Gasteiger partial charge on any atom is -0.456 e. The first-order valence-electron chi connectivity index (χ1n) is 22.7. The largest absolute Gasteiger partial charge is 0.456 e. The Morgan fingerprint density at radius 2 is 0.588 bits per heavy atom.